The molecule has 0 aliphatic heterocycles. The van der Waals surface area contributed by atoms with Crippen LogP contribution >= 0.6 is 0 Å². The van der Waals surface area contributed by atoms with E-state index >= 15 is 0 Å². The Labute approximate surface area is 119 Å². The van der Waals surface area contributed by atoms with Gasteiger partial charge in [-0.1, -0.05) is 30.3 Å². The van der Waals surface area contributed by atoms with Crippen LogP contribution in [0.3, 0.4) is 0 Å². The van der Waals surface area contributed by atoms with Crippen LogP contribution in [0, 0.1) is 12.7 Å². The summed E-state index contributed by atoms with van der Waals surface area (Å²) in [6.07, 6.45) is -5.48. The third-order valence-corrected chi connectivity index (χ3v) is 3.26. The summed E-state index contributed by atoms with van der Waals surface area (Å²) in [5.41, 5.74) is 0.376. The Balaban J connectivity index is 2.19. The highest BCUT2D eigenvalue weighted by Crippen LogP contribution is 2.30. The highest BCUT2D eigenvalue weighted by molar-refractivity contribution is 5.29. The maximum atomic E-state index is 13.4. The van der Waals surface area contributed by atoms with E-state index in [1.807, 2.05) is 0 Å². The van der Waals surface area contributed by atoms with Crippen LogP contribution in [0.4, 0.5) is 17.6 Å². The standard InChI is InChI=1S/C16H14F4O/c1-10-5-6-12(9-14(10)17)15(21)8-11-3-2-4-13(7-11)16(18,19)20/h2-7,9,15,21H,8H2,1H3. The summed E-state index contributed by atoms with van der Waals surface area (Å²) in [4.78, 5) is 0. The summed E-state index contributed by atoms with van der Waals surface area (Å²) in [5.74, 6) is -0.449. The van der Waals surface area contributed by atoms with Crippen LogP contribution < -0.4 is 0 Å². The number of rotatable bonds is 3. The highest BCUT2D eigenvalue weighted by atomic mass is 19.4. The number of benzene rings is 2. The molecule has 112 valence electrons. The Morgan fingerprint density at radius 2 is 1.81 bits per heavy atom. The smallest absolute Gasteiger partial charge is 0.388 e. The van der Waals surface area contributed by atoms with Gasteiger partial charge in [0.15, 0.2) is 0 Å². The molecule has 2 aromatic rings. The molecule has 2 rings (SSSR count). The fourth-order valence-corrected chi connectivity index (χ4v) is 2.03. The molecule has 0 fully saturated rings. The predicted molar refractivity (Wildman–Crippen MR) is 71.2 cm³/mol. The fraction of sp³-hybridized carbons (Fsp3) is 0.250. The van der Waals surface area contributed by atoms with Crippen LogP contribution in [-0.4, -0.2) is 5.11 Å². The maximum absolute atomic E-state index is 13.4. The van der Waals surface area contributed by atoms with E-state index in [9.17, 15) is 22.7 Å². The largest absolute Gasteiger partial charge is 0.416 e. The topological polar surface area (TPSA) is 20.2 Å². The Bertz CT molecular complexity index is 634. The van der Waals surface area contributed by atoms with Gasteiger partial charge in [0.25, 0.3) is 0 Å². The van der Waals surface area contributed by atoms with Crippen LogP contribution in [0.15, 0.2) is 42.5 Å². The molecule has 1 N–H and O–H groups in total. The molecule has 21 heavy (non-hydrogen) atoms. The van der Waals surface area contributed by atoms with Crippen molar-refractivity contribution in [3.63, 3.8) is 0 Å². The zero-order valence-electron chi connectivity index (χ0n) is 11.3. The molecule has 0 amide bonds. The van der Waals surface area contributed by atoms with Crippen molar-refractivity contribution in [2.75, 3.05) is 0 Å². The van der Waals surface area contributed by atoms with E-state index in [1.54, 1.807) is 13.0 Å². The summed E-state index contributed by atoms with van der Waals surface area (Å²) in [5, 5.41) is 10.0. The summed E-state index contributed by atoms with van der Waals surface area (Å²) in [7, 11) is 0. The van der Waals surface area contributed by atoms with Gasteiger partial charge in [-0.25, -0.2) is 4.39 Å². The minimum Gasteiger partial charge on any atom is -0.388 e. The average molecular weight is 298 g/mol. The van der Waals surface area contributed by atoms with Crippen molar-refractivity contribution in [3.8, 4) is 0 Å². The van der Waals surface area contributed by atoms with E-state index in [0.29, 0.717) is 16.7 Å². The van der Waals surface area contributed by atoms with Gasteiger partial charge in [-0.05, 0) is 35.7 Å². The molecule has 2 aromatic carbocycles. The normalized spacial score (nSPS) is 13.2. The molecule has 0 radical (unpaired) electrons. The minimum absolute atomic E-state index is 0.00752. The molecule has 0 bridgehead atoms. The fourth-order valence-electron chi connectivity index (χ4n) is 2.03. The number of aliphatic hydroxyl groups is 1. The SMILES string of the molecule is Cc1ccc(C(O)Cc2cccc(C(F)(F)F)c2)cc1F. The molecule has 0 aliphatic carbocycles. The van der Waals surface area contributed by atoms with Crippen LogP contribution in [-0.2, 0) is 12.6 Å². The van der Waals surface area contributed by atoms with E-state index < -0.39 is 23.7 Å². The van der Waals surface area contributed by atoms with Gasteiger partial charge in [0.05, 0.1) is 11.7 Å². The highest BCUT2D eigenvalue weighted by Gasteiger charge is 2.30. The van der Waals surface area contributed by atoms with Gasteiger partial charge in [-0.2, -0.15) is 13.2 Å². The molecule has 1 atom stereocenters. The first-order valence-corrected chi connectivity index (χ1v) is 6.37. The first-order chi connectivity index (χ1) is 9.77. The van der Waals surface area contributed by atoms with Crippen molar-refractivity contribution in [1.29, 1.82) is 0 Å². The van der Waals surface area contributed by atoms with E-state index in [4.69, 9.17) is 0 Å². The Hall–Kier alpha value is -1.88. The Morgan fingerprint density at radius 3 is 2.43 bits per heavy atom. The molecule has 1 unspecified atom stereocenters. The maximum Gasteiger partial charge on any atom is 0.416 e. The van der Waals surface area contributed by atoms with Crippen LogP contribution in [0.2, 0.25) is 0 Å². The molecule has 1 nitrogen and oxygen atoms in total. The lowest BCUT2D eigenvalue weighted by Gasteiger charge is -2.13. The monoisotopic (exact) mass is 298 g/mol. The van der Waals surface area contributed by atoms with Gasteiger partial charge < -0.3 is 5.11 Å². The number of alkyl halides is 3. The molecule has 0 saturated carbocycles. The number of aryl methyl sites for hydroxylation is 1. The summed E-state index contributed by atoms with van der Waals surface area (Å²) in [6.45, 7) is 1.60. The Morgan fingerprint density at radius 1 is 1.10 bits per heavy atom. The van der Waals surface area contributed by atoms with Crippen LogP contribution in [0.1, 0.15) is 28.4 Å². The van der Waals surface area contributed by atoms with Crippen molar-refractivity contribution in [2.45, 2.75) is 25.6 Å². The molecule has 0 heterocycles. The Kier molecular flexibility index (Phi) is 4.32. The third-order valence-electron chi connectivity index (χ3n) is 3.26. The molecule has 0 saturated heterocycles. The van der Waals surface area contributed by atoms with Gasteiger partial charge in [0.2, 0.25) is 0 Å². The second kappa shape index (κ2) is 5.85. The zero-order valence-corrected chi connectivity index (χ0v) is 11.3. The van der Waals surface area contributed by atoms with Gasteiger partial charge in [0, 0.05) is 6.42 Å². The minimum atomic E-state index is -4.42. The average Bonchev–Trinajstić information content (AvgIpc) is 2.41. The van der Waals surface area contributed by atoms with Gasteiger partial charge in [-0.3, -0.25) is 0 Å². The molecule has 0 aliphatic rings. The predicted octanol–water partition coefficient (Wildman–Crippen LogP) is 4.43. The summed E-state index contributed by atoms with van der Waals surface area (Å²) < 4.78 is 51.3. The van der Waals surface area contributed by atoms with Crippen LogP contribution in [0.5, 0.6) is 0 Å². The van der Waals surface area contributed by atoms with Crippen molar-refractivity contribution >= 4 is 0 Å². The van der Waals surface area contributed by atoms with Crippen molar-refractivity contribution in [1.82, 2.24) is 0 Å². The van der Waals surface area contributed by atoms with Crippen LogP contribution in [0.25, 0.3) is 0 Å². The molecular weight excluding hydrogens is 284 g/mol. The second-order valence-electron chi connectivity index (χ2n) is 4.93. The lowest BCUT2D eigenvalue weighted by Crippen LogP contribution is -2.07. The van der Waals surface area contributed by atoms with Crippen molar-refractivity contribution in [2.24, 2.45) is 0 Å². The van der Waals surface area contributed by atoms with Gasteiger partial charge in [0.1, 0.15) is 5.82 Å². The van der Waals surface area contributed by atoms with E-state index in [-0.39, 0.29) is 6.42 Å². The lowest BCUT2D eigenvalue weighted by molar-refractivity contribution is -0.137. The molecule has 0 aromatic heterocycles. The summed E-state index contributed by atoms with van der Waals surface area (Å²) >= 11 is 0. The first kappa shape index (κ1) is 15.5. The number of halogens is 4. The van der Waals surface area contributed by atoms with Gasteiger partial charge in [-0.15, -0.1) is 0 Å². The van der Waals surface area contributed by atoms with Crippen molar-refractivity contribution < 1.29 is 22.7 Å². The molecular formula is C16H14F4O. The number of aliphatic hydroxyl groups excluding tert-OH is 1. The summed E-state index contributed by atoms with van der Waals surface area (Å²) in [6, 6.07) is 9.06. The molecule has 0 spiro atoms. The second-order valence-corrected chi connectivity index (χ2v) is 4.93. The van der Waals surface area contributed by atoms with Crippen molar-refractivity contribution in [3.05, 3.63) is 70.5 Å². The quantitative estimate of drug-likeness (QED) is 0.831. The van der Waals surface area contributed by atoms with Gasteiger partial charge >= 0.3 is 6.18 Å². The van der Waals surface area contributed by atoms with E-state index in [2.05, 4.69) is 0 Å². The van der Waals surface area contributed by atoms with E-state index in [1.165, 1.54) is 24.3 Å². The zero-order chi connectivity index (χ0) is 15.6. The number of hydrogen-bond acceptors (Lipinski definition) is 1. The third kappa shape index (κ3) is 3.82. The number of hydrogen-bond donors (Lipinski definition) is 1. The first-order valence-electron chi connectivity index (χ1n) is 6.37. The molecule has 5 heteroatoms. The van der Waals surface area contributed by atoms with E-state index in [0.717, 1.165) is 12.1 Å². The lowest BCUT2D eigenvalue weighted by atomic mass is 9.99.